The number of benzene rings is 1. The molecule has 2 fully saturated rings. The van der Waals surface area contributed by atoms with Gasteiger partial charge in [0.05, 0.1) is 15.5 Å². The van der Waals surface area contributed by atoms with Gasteiger partial charge >= 0.3 is 0 Å². The maximum atomic E-state index is 12.4. The van der Waals surface area contributed by atoms with Gasteiger partial charge in [-0.25, -0.2) is 9.98 Å². The number of aliphatic imine (C=N–C) groups is 1. The van der Waals surface area contributed by atoms with Gasteiger partial charge in [-0.1, -0.05) is 11.3 Å². The summed E-state index contributed by atoms with van der Waals surface area (Å²) < 4.78 is 5.77. The molecule has 0 atom stereocenters. The minimum atomic E-state index is -0.133. The van der Waals surface area contributed by atoms with Crippen LogP contribution in [0.15, 0.2) is 34.3 Å². The van der Waals surface area contributed by atoms with Gasteiger partial charge in [-0.2, -0.15) is 0 Å². The summed E-state index contributed by atoms with van der Waals surface area (Å²) in [6.07, 6.45) is 6.28. The number of ether oxygens (including phenoxy) is 1. The van der Waals surface area contributed by atoms with Crippen molar-refractivity contribution >= 4 is 51.1 Å². The molecular weight excluding hydrogens is 430 g/mol. The molecule has 2 heterocycles. The summed E-state index contributed by atoms with van der Waals surface area (Å²) in [5, 5.41) is 7.71. The van der Waals surface area contributed by atoms with Crippen molar-refractivity contribution in [2.75, 3.05) is 39.1 Å². The second-order valence-corrected chi connectivity index (χ2v) is 10.1. The number of nitrogens with one attached hydrogen (secondary N) is 2. The number of nitrogens with zero attached hydrogens (tertiary/aromatic N) is 3. The zero-order valence-electron chi connectivity index (χ0n) is 18.0. The number of thiazole rings is 1. The first kappa shape index (κ1) is 21.9. The molecule has 4 rings (SSSR count). The molecule has 164 valence electrons. The van der Waals surface area contributed by atoms with Crippen LogP contribution in [0, 0.1) is 12.8 Å². The monoisotopic (exact) mass is 457 g/mol. The molecular formula is C22H27N5O2S2. The van der Waals surface area contributed by atoms with Crippen LogP contribution < -0.4 is 15.4 Å². The van der Waals surface area contributed by atoms with E-state index in [4.69, 9.17) is 4.74 Å². The van der Waals surface area contributed by atoms with E-state index in [1.165, 1.54) is 24.6 Å². The molecule has 31 heavy (non-hydrogen) atoms. The van der Waals surface area contributed by atoms with E-state index in [9.17, 15) is 4.79 Å². The lowest BCUT2D eigenvalue weighted by Crippen LogP contribution is -2.19. The maximum Gasteiger partial charge on any atom is 0.264 e. The molecule has 0 radical (unpaired) electrons. The first-order valence-electron chi connectivity index (χ1n) is 10.3. The van der Waals surface area contributed by atoms with Gasteiger partial charge in [0, 0.05) is 19.3 Å². The van der Waals surface area contributed by atoms with Gasteiger partial charge in [-0.15, -0.1) is 0 Å². The summed E-state index contributed by atoms with van der Waals surface area (Å²) >= 11 is 2.91. The van der Waals surface area contributed by atoms with Gasteiger partial charge in [0.1, 0.15) is 12.4 Å². The average molecular weight is 458 g/mol. The van der Waals surface area contributed by atoms with E-state index in [1.54, 1.807) is 17.5 Å². The maximum absolute atomic E-state index is 12.4. The Kier molecular flexibility index (Phi) is 6.94. The van der Waals surface area contributed by atoms with Crippen molar-refractivity contribution in [3.8, 4) is 5.75 Å². The number of aryl methyl sites for hydroxylation is 1. The zero-order chi connectivity index (χ0) is 21.8. The smallest absolute Gasteiger partial charge is 0.264 e. The predicted octanol–water partition coefficient (Wildman–Crippen LogP) is 4.11. The van der Waals surface area contributed by atoms with E-state index in [-0.39, 0.29) is 5.91 Å². The molecule has 1 saturated carbocycles. The number of rotatable bonds is 9. The number of carbonyl (C=O) groups is 1. The quantitative estimate of drug-likeness (QED) is 0.552. The van der Waals surface area contributed by atoms with E-state index in [2.05, 4.69) is 25.5 Å². The van der Waals surface area contributed by atoms with Crippen LogP contribution in [-0.4, -0.2) is 54.8 Å². The molecule has 2 aromatic rings. The van der Waals surface area contributed by atoms with Crippen LogP contribution >= 0.6 is 23.1 Å². The molecule has 7 nitrogen and oxygen atoms in total. The average Bonchev–Trinajstić information content (AvgIpc) is 3.35. The normalized spacial score (nSPS) is 18.8. The van der Waals surface area contributed by atoms with Crippen LogP contribution in [0.25, 0.3) is 6.08 Å². The molecule has 9 heteroatoms. The third-order valence-corrected chi connectivity index (χ3v) is 6.70. The first-order chi connectivity index (χ1) is 15.0. The molecule has 1 saturated heterocycles. The summed E-state index contributed by atoms with van der Waals surface area (Å²) in [4.78, 5) is 25.1. The molecule has 2 N–H and O–H groups in total. The largest absolute Gasteiger partial charge is 0.492 e. The summed E-state index contributed by atoms with van der Waals surface area (Å²) in [6, 6.07) is 5.80. The molecule has 1 amide bonds. The highest BCUT2D eigenvalue weighted by Crippen LogP contribution is 2.33. The Balaban J connectivity index is 1.38. The fraction of sp³-hybridized carbons (Fsp3) is 0.409. The van der Waals surface area contributed by atoms with Crippen molar-refractivity contribution in [3.63, 3.8) is 0 Å². The molecule has 0 spiro atoms. The predicted molar refractivity (Wildman–Crippen MR) is 129 cm³/mol. The fourth-order valence-electron chi connectivity index (χ4n) is 2.90. The lowest BCUT2D eigenvalue weighted by atomic mass is 10.2. The summed E-state index contributed by atoms with van der Waals surface area (Å²) in [5.41, 5.74) is 1.81. The van der Waals surface area contributed by atoms with Crippen molar-refractivity contribution in [3.05, 3.63) is 39.7 Å². The van der Waals surface area contributed by atoms with Gasteiger partial charge in [-0.05, 0) is 81.4 Å². The van der Waals surface area contributed by atoms with Crippen molar-refractivity contribution < 1.29 is 9.53 Å². The first-order valence-corrected chi connectivity index (χ1v) is 12.0. The van der Waals surface area contributed by atoms with E-state index in [0.29, 0.717) is 16.7 Å². The SMILES string of the molecule is Cc1cc(OCCN(C)C)ccc1/N=C1/NC(=O)/C(=C/c2cnc(NCC3CC3)s2)S1. The summed E-state index contributed by atoms with van der Waals surface area (Å²) in [5.74, 6) is 1.48. The van der Waals surface area contributed by atoms with Crippen LogP contribution in [0.5, 0.6) is 5.75 Å². The molecule has 1 aromatic heterocycles. The van der Waals surface area contributed by atoms with Crippen LogP contribution in [0.1, 0.15) is 23.3 Å². The van der Waals surface area contributed by atoms with Gasteiger partial charge in [0.25, 0.3) is 5.91 Å². The number of amidine groups is 1. The second-order valence-electron chi connectivity index (χ2n) is 7.97. The highest BCUT2D eigenvalue weighted by molar-refractivity contribution is 8.18. The zero-order valence-corrected chi connectivity index (χ0v) is 19.6. The Hall–Kier alpha value is -2.36. The van der Waals surface area contributed by atoms with Crippen molar-refractivity contribution in [2.45, 2.75) is 19.8 Å². The Morgan fingerprint density at radius 1 is 1.39 bits per heavy atom. The number of hydrogen-bond donors (Lipinski definition) is 2. The third kappa shape index (κ3) is 6.32. The number of thioether (sulfide) groups is 1. The van der Waals surface area contributed by atoms with Crippen LogP contribution in [0.3, 0.4) is 0 Å². The van der Waals surface area contributed by atoms with Crippen molar-refractivity contribution in [1.82, 2.24) is 15.2 Å². The van der Waals surface area contributed by atoms with Crippen molar-refractivity contribution in [1.29, 1.82) is 0 Å². The number of likely N-dealkylation sites (N-methyl/N-ethyl adjacent to an activating group) is 1. The highest BCUT2D eigenvalue weighted by Gasteiger charge is 2.25. The lowest BCUT2D eigenvalue weighted by molar-refractivity contribution is -0.115. The van der Waals surface area contributed by atoms with E-state index < -0.39 is 0 Å². The number of carbonyl (C=O) groups excluding carboxylic acids is 1. The Morgan fingerprint density at radius 2 is 2.23 bits per heavy atom. The van der Waals surface area contributed by atoms with Crippen molar-refractivity contribution in [2.24, 2.45) is 10.9 Å². The second kappa shape index (κ2) is 9.84. The Morgan fingerprint density at radius 3 is 2.97 bits per heavy atom. The van der Waals surface area contributed by atoms with Crippen LogP contribution in [0.2, 0.25) is 0 Å². The molecule has 2 aliphatic rings. The minimum Gasteiger partial charge on any atom is -0.492 e. The summed E-state index contributed by atoms with van der Waals surface area (Å²) in [6.45, 7) is 4.47. The molecule has 1 aromatic carbocycles. The number of hydrogen-bond acceptors (Lipinski definition) is 8. The Bertz CT molecular complexity index is 1010. The lowest BCUT2D eigenvalue weighted by Gasteiger charge is -2.12. The van der Waals surface area contributed by atoms with Crippen LogP contribution in [-0.2, 0) is 4.79 Å². The molecule has 0 unspecified atom stereocenters. The fourth-order valence-corrected chi connectivity index (χ4v) is 4.56. The number of amides is 1. The number of anilines is 1. The van der Waals surface area contributed by atoms with Gasteiger partial charge in [-0.3, -0.25) is 4.79 Å². The van der Waals surface area contributed by atoms with Crippen LogP contribution in [0.4, 0.5) is 10.8 Å². The third-order valence-electron chi connectivity index (χ3n) is 4.88. The van der Waals surface area contributed by atoms with E-state index in [0.717, 1.165) is 46.0 Å². The van der Waals surface area contributed by atoms with E-state index in [1.807, 2.05) is 45.3 Å². The number of aromatic nitrogens is 1. The topological polar surface area (TPSA) is 78.8 Å². The van der Waals surface area contributed by atoms with Gasteiger partial charge in [0.2, 0.25) is 0 Å². The standard InChI is InChI=1S/C22H27N5O2S2/c1-14-10-16(29-9-8-27(2)3)6-7-18(14)25-22-26-20(28)19(31-22)11-17-13-24-21(30-17)23-12-15-4-5-15/h6-7,10-11,13,15H,4-5,8-9,12H2,1-3H3,(H,23,24)(H,25,26,28)/b19-11-. The van der Waals surface area contributed by atoms with Gasteiger partial charge in [0.15, 0.2) is 10.3 Å². The molecule has 0 bridgehead atoms. The summed E-state index contributed by atoms with van der Waals surface area (Å²) in [7, 11) is 4.04. The highest BCUT2D eigenvalue weighted by atomic mass is 32.2. The van der Waals surface area contributed by atoms with E-state index >= 15 is 0 Å². The molecule has 1 aliphatic carbocycles. The minimum absolute atomic E-state index is 0.133. The van der Waals surface area contributed by atoms with Gasteiger partial charge < -0.3 is 20.3 Å². The Labute approximate surface area is 191 Å². The molecule has 1 aliphatic heterocycles.